The summed E-state index contributed by atoms with van der Waals surface area (Å²) >= 11 is 1.34. The molecule has 0 saturated heterocycles. The van der Waals surface area contributed by atoms with Gasteiger partial charge in [0, 0.05) is 12.5 Å². The Bertz CT molecular complexity index is 991. The molecule has 0 unspecified atom stereocenters. The van der Waals surface area contributed by atoms with Crippen LogP contribution in [0.4, 0.5) is 5.13 Å². The quantitative estimate of drug-likeness (QED) is 0.754. The summed E-state index contributed by atoms with van der Waals surface area (Å²) in [7, 11) is 0. The van der Waals surface area contributed by atoms with Crippen LogP contribution in [0.25, 0.3) is 16.3 Å². The number of aryl methyl sites for hydroxylation is 1. The number of carboxylic acids is 1. The SMILES string of the molecule is CC(=O)Nc1nc2c(s1)-c1c(c(C(=O)O)nn1-c1ccccc1)CC2. The number of thiazole rings is 1. The molecule has 1 aliphatic carbocycles. The van der Waals surface area contributed by atoms with E-state index in [9.17, 15) is 14.7 Å². The van der Waals surface area contributed by atoms with E-state index in [-0.39, 0.29) is 11.6 Å². The van der Waals surface area contributed by atoms with Crippen molar-refractivity contribution in [3.8, 4) is 16.3 Å². The van der Waals surface area contributed by atoms with E-state index in [0.29, 0.717) is 23.5 Å². The molecule has 0 spiro atoms. The lowest BCUT2D eigenvalue weighted by Crippen LogP contribution is -2.08. The molecular weight excluding hydrogens is 340 g/mol. The van der Waals surface area contributed by atoms with Gasteiger partial charge >= 0.3 is 5.97 Å². The maximum absolute atomic E-state index is 11.6. The summed E-state index contributed by atoms with van der Waals surface area (Å²) in [5, 5.41) is 17.1. The highest BCUT2D eigenvalue weighted by Gasteiger charge is 2.31. The summed E-state index contributed by atoms with van der Waals surface area (Å²) in [6.07, 6.45) is 1.18. The number of rotatable bonds is 3. The molecule has 1 aromatic carbocycles. The van der Waals surface area contributed by atoms with Gasteiger partial charge in [-0.1, -0.05) is 29.5 Å². The highest BCUT2D eigenvalue weighted by Crippen LogP contribution is 2.41. The Balaban J connectivity index is 1.94. The third kappa shape index (κ3) is 2.60. The van der Waals surface area contributed by atoms with Crippen LogP contribution in [-0.4, -0.2) is 31.7 Å². The zero-order chi connectivity index (χ0) is 17.6. The van der Waals surface area contributed by atoms with Crippen molar-refractivity contribution in [2.24, 2.45) is 0 Å². The van der Waals surface area contributed by atoms with Crippen LogP contribution in [0.5, 0.6) is 0 Å². The Morgan fingerprint density at radius 2 is 2.00 bits per heavy atom. The fourth-order valence-corrected chi connectivity index (χ4v) is 4.12. The number of benzene rings is 1. The Hall–Kier alpha value is -3.00. The van der Waals surface area contributed by atoms with E-state index in [1.54, 1.807) is 4.68 Å². The molecule has 126 valence electrons. The summed E-state index contributed by atoms with van der Waals surface area (Å²) in [6.45, 7) is 1.43. The van der Waals surface area contributed by atoms with Crippen LogP contribution in [0.3, 0.4) is 0 Å². The molecule has 1 amide bonds. The van der Waals surface area contributed by atoms with E-state index in [1.807, 2.05) is 30.3 Å². The summed E-state index contributed by atoms with van der Waals surface area (Å²) in [5.41, 5.74) is 3.17. The van der Waals surface area contributed by atoms with Gasteiger partial charge in [0.1, 0.15) is 0 Å². The van der Waals surface area contributed by atoms with Crippen molar-refractivity contribution in [3.05, 3.63) is 47.3 Å². The summed E-state index contributed by atoms with van der Waals surface area (Å²) < 4.78 is 1.66. The molecule has 0 fully saturated rings. The van der Waals surface area contributed by atoms with Gasteiger partial charge in [-0.2, -0.15) is 5.10 Å². The summed E-state index contributed by atoms with van der Waals surface area (Å²) in [5.74, 6) is -1.23. The molecule has 3 aromatic rings. The van der Waals surface area contributed by atoms with Crippen molar-refractivity contribution in [1.29, 1.82) is 0 Å². The third-order valence-corrected chi connectivity index (χ3v) is 5.01. The van der Waals surface area contributed by atoms with E-state index < -0.39 is 5.97 Å². The molecule has 8 heteroatoms. The Kier molecular flexibility index (Phi) is 3.61. The normalized spacial score (nSPS) is 12.4. The van der Waals surface area contributed by atoms with Gasteiger partial charge in [-0.3, -0.25) is 4.79 Å². The third-order valence-electron chi connectivity index (χ3n) is 3.99. The first-order valence-corrected chi connectivity index (χ1v) is 8.54. The van der Waals surface area contributed by atoms with Gasteiger partial charge in [-0.05, 0) is 25.0 Å². The van der Waals surface area contributed by atoms with Gasteiger partial charge in [-0.15, -0.1) is 0 Å². The number of fused-ring (bicyclic) bond motifs is 3. The maximum Gasteiger partial charge on any atom is 0.356 e. The van der Waals surface area contributed by atoms with Crippen LogP contribution < -0.4 is 5.32 Å². The van der Waals surface area contributed by atoms with Crippen LogP contribution in [0.15, 0.2) is 30.3 Å². The summed E-state index contributed by atoms with van der Waals surface area (Å²) in [4.78, 5) is 28.3. The molecule has 0 atom stereocenters. The molecule has 7 nitrogen and oxygen atoms in total. The first kappa shape index (κ1) is 15.5. The molecule has 1 aliphatic rings. The van der Waals surface area contributed by atoms with E-state index in [1.165, 1.54) is 18.3 Å². The van der Waals surface area contributed by atoms with Crippen LogP contribution in [0.2, 0.25) is 0 Å². The molecule has 2 aromatic heterocycles. The Morgan fingerprint density at radius 1 is 1.24 bits per heavy atom. The van der Waals surface area contributed by atoms with E-state index in [0.717, 1.165) is 22.0 Å². The zero-order valence-electron chi connectivity index (χ0n) is 13.3. The average Bonchev–Trinajstić information content (AvgIpc) is 3.15. The predicted octanol–water partition coefficient (Wildman–Crippen LogP) is 2.75. The van der Waals surface area contributed by atoms with Crippen LogP contribution in [0, 0.1) is 0 Å². The second-order valence-electron chi connectivity index (χ2n) is 5.70. The lowest BCUT2D eigenvalue weighted by molar-refractivity contribution is -0.114. The predicted molar refractivity (Wildman–Crippen MR) is 93.3 cm³/mol. The molecule has 0 saturated carbocycles. The molecule has 4 rings (SSSR count). The number of anilines is 1. The number of para-hydroxylation sites is 1. The highest BCUT2D eigenvalue weighted by atomic mass is 32.1. The van der Waals surface area contributed by atoms with Crippen molar-refractivity contribution in [2.75, 3.05) is 5.32 Å². The van der Waals surface area contributed by atoms with Crippen molar-refractivity contribution in [2.45, 2.75) is 19.8 Å². The average molecular weight is 354 g/mol. The number of aromatic carboxylic acids is 1. The number of hydrogen-bond acceptors (Lipinski definition) is 5. The van der Waals surface area contributed by atoms with Gasteiger partial charge in [0.05, 0.1) is 22.0 Å². The van der Waals surface area contributed by atoms with Crippen molar-refractivity contribution in [1.82, 2.24) is 14.8 Å². The van der Waals surface area contributed by atoms with Gasteiger partial charge < -0.3 is 10.4 Å². The first-order valence-electron chi connectivity index (χ1n) is 7.73. The number of hydrogen-bond donors (Lipinski definition) is 2. The first-order chi connectivity index (χ1) is 12.0. The topological polar surface area (TPSA) is 97.1 Å². The zero-order valence-corrected chi connectivity index (χ0v) is 14.1. The number of nitrogens with one attached hydrogen (secondary N) is 1. The molecular formula is C17H14N4O3S. The minimum atomic E-state index is -1.04. The van der Waals surface area contributed by atoms with Crippen molar-refractivity contribution < 1.29 is 14.7 Å². The second kappa shape index (κ2) is 5.82. The molecule has 0 bridgehead atoms. The molecule has 25 heavy (non-hydrogen) atoms. The maximum atomic E-state index is 11.6. The van der Waals surface area contributed by atoms with E-state index >= 15 is 0 Å². The minimum absolute atomic E-state index is 0.0685. The van der Waals surface area contributed by atoms with Gasteiger partial charge in [-0.25, -0.2) is 14.5 Å². The molecule has 0 aliphatic heterocycles. The number of aromatic nitrogens is 3. The van der Waals surface area contributed by atoms with Gasteiger partial charge in [0.25, 0.3) is 0 Å². The Labute approximate surface area is 146 Å². The molecule has 0 radical (unpaired) electrons. The van der Waals surface area contributed by atoms with Crippen molar-refractivity contribution in [3.63, 3.8) is 0 Å². The summed E-state index contributed by atoms with van der Waals surface area (Å²) in [6, 6.07) is 9.41. The van der Waals surface area contributed by atoms with E-state index in [4.69, 9.17) is 0 Å². The van der Waals surface area contributed by atoms with Crippen molar-refractivity contribution >= 4 is 28.3 Å². The van der Waals surface area contributed by atoms with Gasteiger partial charge in [0.2, 0.25) is 5.91 Å². The fourth-order valence-electron chi connectivity index (χ4n) is 3.00. The number of carbonyl (C=O) groups excluding carboxylic acids is 1. The number of amides is 1. The van der Waals surface area contributed by atoms with Crippen LogP contribution in [-0.2, 0) is 17.6 Å². The van der Waals surface area contributed by atoms with Gasteiger partial charge in [0.15, 0.2) is 10.8 Å². The molecule has 2 N–H and O–H groups in total. The lowest BCUT2D eigenvalue weighted by atomic mass is 9.97. The molecule has 2 heterocycles. The van der Waals surface area contributed by atoms with Crippen LogP contribution >= 0.6 is 11.3 Å². The minimum Gasteiger partial charge on any atom is -0.476 e. The second-order valence-corrected chi connectivity index (χ2v) is 6.70. The lowest BCUT2D eigenvalue weighted by Gasteiger charge is -2.13. The number of carbonyl (C=O) groups is 2. The largest absolute Gasteiger partial charge is 0.476 e. The number of carboxylic acid groups (broad SMARTS) is 1. The fraction of sp³-hybridized carbons (Fsp3) is 0.176. The monoisotopic (exact) mass is 354 g/mol. The van der Waals surface area contributed by atoms with Crippen LogP contribution in [0.1, 0.15) is 28.7 Å². The highest BCUT2D eigenvalue weighted by molar-refractivity contribution is 7.19. The Morgan fingerprint density at radius 3 is 2.68 bits per heavy atom. The van der Waals surface area contributed by atoms with E-state index in [2.05, 4.69) is 15.4 Å². The standard InChI is InChI=1S/C17H14N4O3S/c1-9(22)18-17-19-12-8-7-11-13(16(23)24)20-21(14(11)15(12)25-17)10-5-3-2-4-6-10/h2-6H,7-8H2,1H3,(H,23,24)(H,18,19,22). The smallest absolute Gasteiger partial charge is 0.356 e. The number of nitrogens with zero attached hydrogens (tertiary/aromatic N) is 3.